The minimum Gasteiger partial charge on any atom is -0.344 e. The molecule has 0 aliphatic rings. The number of aryl methyl sites for hydroxylation is 1. The molecule has 2 aromatic rings. The number of nitrogens with zero attached hydrogens (tertiary/aromatic N) is 2. The second-order valence-corrected chi connectivity index (χ2v) is 4.16. The monoisotopic (exact) mass is 240 g/mol. The Morgan fingerprint density at radius 3 is 2.56 bits per heavy atom. The number of benzene rings is 2. The topological polar surface area (TPSA) is 27.0 Å². The highest BCUT2D eigenvalue weighted by atomic mass is 19.1. The molecule has 2 aromatic carbocycles. The van der Waals surface area contributed by atoms with Crippen molar-refractivity contribution >= 4 is 11.4 Å². The van der Waals surface area contributed by atoms with E-state index in [0.717, 1.165) is 11.3 Å². The molecule has 0 aliphatic heterocycles. The average molecular weight is 240 g/mol. The van der Waals surface area contributed by atoms with Gasteiger partial charge in [-0.05, 0) is 36.8 Å². The van der Waals surface area contributed by atoms with Crippen molar-refractivity contribution in [2.75, 3.05) is 11.9 Å². The van der Waals surface area contributed by atoms with Gasteiger partial charge in [-0.1, -0.05) is 18.2 Å². The first-order chi connectivity index (χ1) is 8.61. The van der Waals surface area contributed by atoms with Gasteiger partial charge >= 0.3 is 0 Å². The predicted octanol–water partition coefficient (Wildman–Crippen LogP) is 3.77. The van der Waals surface area contributed by atoms with Gasteiger partial charge in [0.15, 0.2) is 0 Å². The van der Waals surface area contributed by atoms with E-state index in [1.807, 2.05) is 49.2 Å². The van der Waals surface area contributed by atoms with Crippen molar-refractivity contribution in [2.24, 2.45) is 0 Å². The normalized spacial score (nSPS) is 9.89. The van der Waals surface area contributed by atoms with Crippen LogP contribution in [0.15, 0.2) is 42.5 Å². The second-order valence-electron chi connectivity index (χ2n) is 4.16. The molecule has 0 N–H and O–H groups in total. The van der Waals surface area contributed by atoms with Crippen molar-refractivity contribution in [1.29, 1.82) is 5.26 Å². The van der Waals surface area contributed by atoms with E-state index in [2.05, 4.69) is 0 Å². The zero-order valence-corrected chi connectivity index (χ0v) is 10.3. The van der Waals surface area contributed by atoms with Crippen LogP contribution in [-0.4, -0.2) is 7.05 Å². The Morgan fingerprint density at radius 2 is 1.89 bits per heavy atom. The predicted molar refractivity (Wildman–Crippen MR) is 70.4 cm³/mol. The Bertz CT molecular complexity index is 614. The van der Waals surface area contributed by atoms with Crippen LogP contribution in [0.2, 0.25) is 0 Å². The second kappa shape index (κ2) is 4.89. The summed E-state index contributed by atoms with van der Waals surface area (Å²) in [7, 11) is 1.86. The number of hydrogen-bond donors (Lipinski definition) is 0. The van der Waals surface area contributed by atoms with Crippen LogP contribution in [0.1, 0.15) is 11.1 Å². The largest absolute Gasteiger partial charge is 0.344 e. The van der Waals surface area contributed by atoms with Gasteiger partial charge in [0, 0.05) is 18.4 Å². The van der Waals surface area contributed by atoms with Gasteiger partial charge < -0.3 is 4.90 Å². The third-order valence-corrected chi connectivity index (χ3v) is 2.88. The summed E-state index contributed by atoms with van der Waals surface area (Å²) in [5, 5.41) is 8.86. The van der Waals surface area contributed by atoms with Crippen LogP contribution in [-0.2, 0) is 0 Å². The van der Waals surface area contributed by atoms with Crippen molar-refractivity contribution < 1.29 is 4.39 Å². The summed E-state index contributed by atoms with van der Waals surface area (Å²) in [5.74, 6) is -0.399. The lowest BCUT2D eigenvalue weighted by atomic mass is 10.1. The van der Waals surface area contributed by atoms with Gasteiger partial charge in [0.1, 0.15) is 5.82 Å². The maximum absolute atomic E-state index is 13.4. The van der Waals surface area contributed by atoms with Crippen LogP contribution in [0.5, 0.6) is 0 Å². The summed E-state index contributed by atoms with van der Waals surface area (Å²) in [6.07, 6.45) is 0. The highest BCUT2D eigenvalue weighted by molar-refractivity contribution is 5.66. The van der Waals surface area contributed by atoms with Gasteiger partial charge in [0.05, 0.1) is 11.6 Å². The lowest BCUT2D eigenvalue weighted by Gasteiger charge is -2.21. The van der Waals surface area contributed by atoms with Gasteiger partial charge in [0.25, 0.3) is 0 Å². The van der Waals surface area contributed by atoms with E-state index in [4.69, 9.17) is 5.26 Å². The van der Waals surface area contributed by atoms with Gasteiger partial charge in [0.2, 0.25) is 0 Å². The lowest BCUT2D eigenvalue weighted by molar-refractivity contribution is 0.627. The van der Waals surface area contributed by atoms with Crippen molar-refractivity contribution in [3.05, 3.63) is 59.4 Å². The van der Waals surface area contributed by atoms with E-state index in [1.165, 1.54) is 12.1 Å². The van der Waals surface area contributed by atoms with Crippen molar-refractivity contribution in [3.63, 3.8) is 0 Å². The van der Waals surface area contributed by atoms with Crippen LogP contribution in [0.3, 0.4) is 0 Å². The molecule has 90 valence electrons. The summed E-state index contributed by atoms with van der Waals surface area (Å²) < 4.78 is 13.4. The number of hydrogen-bond acceptors (Lipinski definition) is 2. The molecule has 3 heteroatoms. The van der Waals surface area contributed by atoms with Crippen molar-refractivity contribution in [2.45, 2.75) is 6.92 Å². The molecule has 18 heavy (non-hydrogen) atoms. The third kappa shape index (κ3) is 2.33. The zero-order valence-electron chi connectivity index (χ0n) is 10.3. The molecule has 0 heterocycles. The smallest absolute Gasteiger partial charge is 0.126 e. The standard InChI is InChI=1S/C15H13FN2/c1-11-5-3-4-6-15(11)18(2)14-8-12(10-17)7-13(16)9-14/h3-9H,1-2H3. The summed E-state index contributed by atoms with van der Waals surface area (Å²) in [6.45, 7) is 2.00. The molecule has 2 rings (SSSR count). The third-order valence-electron chi connectivity index (χ3n) is 2.88. The first-order valence-corrected chi connectivity index (χ1v) is 5.62. The maximum atomic E-state index is 13.4. The first kappa shape index (κ1) is 12.1. The number of anilines is 2. The molecule has 0 radical (unpaired) electrons. The molecule has 0 unspecified atom stereocenters. The van der Waals surface area contributed by atoms with Crippen LogP contribution >= 0.6 is 0 Å². The fourth-order valence-corrected chi connectivity index (χ4v) is 1.91. The summed E-state index contributed by atoms with van der Waals surface area (Å²) in [4.78, 5) is 1.87. The fraction of sp³-hybridized carbons (Fsp3) is 0.133. The summed E-state index contributed by atoms with van der Waals surface area (Å²) >= 11 is 0. The fourth-order valence-electron chi connectivity index (χ4n) is 1.91. The van der Waals surface area contributed by atoms with E-state index >= 15 is 0 Å². The quantitative estimate of drug-likeness (QED) is 0.798. The SMILES string of the molecule is Cc1ccccc1N(C)c1cc(F)cc(C#N)c1. The highest BCUT2D eigenvalue weighted by Gasteiger charge is 2.08. The van der Waals surface area contributed by atoms with Gasteiger partial charge in [-0.15, -0.1) is 0 Å². The number of para-hydroxylation sites is 1. The molecule has 0 amide bonds. The molecular weight excluding hydrogens is 227 g/mol. The number of nitriles is 1. The lowest BCUT2D eigenvalue weighted by Crippen LogP contribution is -2.11. The minimum atomic E-state index is -0.399. The van der Waals surface area contributed by atoms with E-state index in [1.54, 1.807) is 6.07 Å². The van der Waals surface area contributed by atoms with E-state index in [0.29, 0.717) is 11.3 Å². The van der Waals surface area contributed by atoms with E-state index in [9.17, 15) is 4.39 Å². The molecule has 0 spiro atoms. The van der Waals surface area contributed by atoms with Gasteiger partial charge in [-0.3, -0.25) is 0 Å². The molecule has 0 fully saturated rings. The molecule has 0 aliphatic carbocycles. The number of rotatable bonds is 2. The van der Waals surface area contributed by atoms with Crippen LogP contribution in [0.4, 0.5) is 15.8 Å². The zero-order chi connectivity index (χ0) is 13.1. The summed E-state index contributed by atoms with van der Waals surface area (Å²) in [6, 6.07) is 14.1. The molecule has 2 nitrogen and oxygen atoms in total. The van der Waals surface area contributed by atoms with E-state index in [-0.39, 0.29) is 0 Å². The van der Waals surface area contributed by atoms with Gasteiger partial charge in [-0.2, -0.15) is 5.26 Å². The Hall–Kier alpha value is -2.34. The van der Waals surface area contributed by atoms with Crippen LogP contribution < -0.4 is 4.90 Å². The number of halogens is 1. The average Bonchev–Trinajstić information content (AvgIpc) is 2.37. The van der Waals surface area contributed by atoms with Crippen LogP contribution in [0.25, 0.3) is 0 Å². The molecule has 0 saturated heterocycles. The molecule has 0 atom stereocenters. The Morgan fingerprint density at radius 1 is 1.17 bits per heavy atom. The van der Waals surface area contributed by atoms with Crippen LogP contribution in [0, 0.1) is 24.1 Å². The Balaban J connectivity index is 2.47. The van der Waals surface area contributed by atoms with E-state index < -0.39 is 5.82 Å². The maximum Gasteiger partial charge on any atom is 0.126 e. The Kier molecular flexibility index (Phi) is 3.29. The van der Waals surface area contributed by atoms with Crippen molar-refractivity contribution in [1.82, 2.24) is 0 Å². The molecule has 0 saturated carbocycles. The Labute approximate surface area is 106 Å². The molecule has 0 bridgehead atoms. The minimum absolute atomic E-state index is 0.324. The first-order valence-electron chi connectivity index (χ1n) is 5.62. The van der Waals surface area contributed by atoms with Crippen molar-refractivity contribution in [3.8, 4) is 6.07 Å². The molecule has 0 aromatic heterocycles. The summed E-state index contributed by atoms with van der Waals surface area (Å²) in [5.41, 5.74) is 3.08. The molecular formula is C15H13FN2. The highest BCUT2D eigenvalue weighted by Crippen LogP contribution is 2.27. The van der Waals surface area contributed by atoms with Gasteiger partial charge in [-0.25, -0.2) is 4.39 Å².